The second kappa shape index (κ2) is 3.69. The van der Waals surface area contributed by atoms with Gasteiger partial charge in [-0.3, -0.25) is 0 Å². The minimum atomic E-state index is 0.400. The van der Waals surface area contributed by atoms with Crippen molar-refractivity contribution >= 4 is 0 Å². The van der Waals surface area contributed by atoms with Gasteiger partial charge < -0.3 is 14.2 Å². The van der Waals surface area contributed by atoms with Gasteiger partial charge in [-0.25, -0.2) is 0 Å². The summed E-state index contributed by atoms with van der Waals surface area (Å²) < 4.78 is 17.2. The van der Waals surface area contributed by atoms with Crippen LogP contribution in [-0.4, -0.2) is 37.1 Å². The molecule has 0 aromatic carbocycles. The maximum atomic E-state index is 6.06. The van der Waals surface area contributed by atoms with E-state index in [1.165, 1.54) is 38.5 Å². The summed E-state index contributed by atoms with van der Waals surface area (Å²) in [7, 11) is 0. The summed E-state index contributed by atoms with van der Waals surface area (Å²) in [4.78, 5) is 0. The van der Waals surface area contributed by atoms with E-state index in [0.717, 1.165) is 12.5 Å². The molecule has 0 aromatic rings. The molecular formula is C13H20O3. The Labute approximate surface area is 96.4 Å². The fourth-order valence-corrected chi connectivity index (χ4v) is 3.48. The molecule has 2 saturated heterocycles. The van der Waals surface area contributed by atoms with E-state index in [1.807, 2.05) is 0 Å². The van der Waals surface area contributed by atoms with E-state index in [0.29, 0.717) is 30.5 Å². The molecule has 4 rings (SSSR count). The molecule has 0 spiro atoms. The lowest BCUT2D eigenvalue weighted by molar-refractivity contribution is -0.000379. The standard InChI is InChI=1S/C13H20O3/c1-2-10(13-11(3-1)16-13)14-7-8-4-5-9-12(6-8)15-9/h8-13H,1-7H2. The van der Waals surface area contributed by atoms with E-state index in [1.54, 1.807) is 0 Å². The Morgan fingerprint density at radius 1 is 0.938 bits per heavy atom. The molecule has 2 saturated carbocycles. The van der Waals surface area contributed by atoms with Crippen LogP contribution in [0.15, 0.2) is 0 Å². The highest BCUT2D eigenvalue weighted by molar-refractivity contribution is 4.96. The minimum absolute atomic E-state index is 0.400. The summed E-state index contributed by atoms with van der Waals surface area (Å²) >= 11 is 0. The molecule has 3 nitrogen and oxygen atoms in total. The Morgan fingerprint density at radius 2 is 1.94 bits per heavy atom. The van der Waals surface area contributed by atoms with Crippen molar-refractivity contribution in [2.24, 2.45) is 5.92 Å². The molecule has 0 N–H and O–H groups in total. The van der Waals surface area contributed by atoms with Gasteiger partial charge in [-0.1, -0.05) is 0 Å². The predicted molar refractivity (Wildman–Crippen MR) is 58.3 cm³/mol. The van der Waals surface area contributed by atoms with Crippen LogP contribution in [0.1, 0.15) is 38.5 Å². The number of fused-ring (bicyclic) bond motifs is 2. The Kier molecular flexibility index (Phi) is 2.27. The Balaban J connectivity index is 1.25. The molecule has 0 amide bonds. The maximum absolute atomic E-state index is 6.06. The Morgan fingerprint density at radius 3 is 2.88 bits per heavy atom. The smallest absolute Gasteiger partial charge is 0.110 e. The summed E-state index contributed by atoms with van der Waals surface area (Å²) in [5.41, 5.74) is 0. The van der Waals surface area contributed by atoms with Crippen molar-refractivity contribution in [3.8, 4) is 0 Å². The number of rotatable bonds is 3. The van der Waals surface area contributed by atoms with Crippen LogP contribution >= 0.6 is 0 Å². The summed E-state index contributed by atoms with van der Waals surface area (Å²) in [6.07, 6.45) is 10.1. The van der Waals surface area contributed by atoms with E-state index in [4.69, 9.17) is 14.2 Å². The highest BCUT2D eigenvalue weighted by Gasteiger charge is 2.48. The van der Waals surface area contributed by atoms with Crippen LogP contribution in [0.5, 0.6) is 0 Å². The molecular weight excluding hydrogens is 204 g/mol. The van der Waals surface area contributed by atoms with Crippen molar-refractivity contribution in [3.63, 3.8) is 0 Å². The van der Waals surface area contributed by atoms with Crippen molar-refractivity contribution in [3.05, 3.63) is 0 Å². The third kappa shape index (κ3) is 1.79. The van der Waals surface area contributed by atoms with Crippen molar-refractivity contribution in [1.82, 2.24) is 0 Å². The first-order valence-corrected chi connectivity index (χ1v) is 6.82. The highest BCUT2D eigenvalue weighted by atomic mass is 16.6. The van der Waals surface area contributed by atoms with Gasteiger partial charge in [0.2, 0.25) is 0 Å². The van der Waals surface area contributed by atoms with Gasteiger partial charge in [0.1, 0.15) is 6.10 Å². The maximum Gasteiger partial charge on any atom is 0.110 e. The van der Waals surface area contributed by atoms with Crippen LogP contribution in [-0.2, 0) is 14.2 Å². The lowest BCUT2D eigenvalue weighted by Gasteiger charge is -2.24. The van der Waals surface area contributed by atoms with E-state index >= 15 is 0 Å². The fourth-order valence-electron chi connectivity index (χ4n) is 3.48. The van der Waals surface area contributed by atoms with Crippen molar-refractivity contribution < 1.29 is 14.2 Å². The summed E-state index contributed by atoms with van der Waals surface area (Å²) in [5.74, 6) is 0.739. The largest absolute Gasteiger partial charge is 0.375 e. The molecule has 3 heteroatoms. The molecule has 6 unspecified atom stereocenters. The molecule has 90 valence electrons. The van der Waals surface area contributed by atoms with Crippen LogP contribution in [0.25, 0.3) is 0 Å². The van der Waals surface area contributed by atoms with E-state index in [2.05, 4.69) is 0 Å². The molecule has 4 fully saturated rings. The monoisotopic (exact) mass is 224 g/mol. The van der Waals surface area contributed by atoms with Gasteiger partial charge in [0.15, 0.2) is 0 Å². The quantitative estimate of drug-likeness (QED) is 0.687. The van der Waals surface area contributed by atoms with Crippen LogP contribution in [0.2, 0.25) is 0 Å². The van der Waals surface area contributed by atoms with Crippen LogP contribution in [0.4, 0.5) is 0 Å². The average Bonchev–Trinajstić information content (AvgIpc) is 3.18. The summed E-state index contributed by atoms with van der Waals surface area (Å²) in [5, 5.41) is 0. The van der Waals surface area contributed by atoms with Crippen molar-refractivity contribution in [1.29, 1.82) is 0 Å². The number of ether oxygens (including phenoxy) is 3. The fraction of sp³-hybridized carbons (Fsp3) is 1.00. The topological polar surface area (TPSA) is 34.3 Å². The van der Waals surface area contributed by atoms with Crippen molar-refractivity contribution in [2.45, 2.75) is 69.0 Å². The van der Waals surface area contributed by atoms with Crippen LogP contribution in [0.3, 0.4) is 0 Å². The van der Waals surface area contributed by atoms with Gasteiger partial charge in [-0.15, -0.1) is 0 Å². The van der Waals surface area contributed by atoms with E-state index < -0.39 is 0 Å². The predicted octanol–water partition coefficient (Wildman–Crippen LogP) is 1.89. The van der Waals surface area contributed by atoms with Crippen molar-refractivity contribution in [2.75, 3.05) is 6.61 Å². The lowest BCUT2D eigenvalue weighted by Crippen LogP contribution is -2.29. The first-order chi connectivity index (χ1) is 7.90. The van der Waals surface area contributed by atoms with Gasteiger partial charge in [-0.2, -0.15) is 0 Å². The van der Waals surface area contributed by atoms with Crippen LogP contribution in [0, 0.1) is 5.92 Å². The molecule has 6 atom stereocenters. The SMILES string of the molecule is C1CC(OCC2CCC3OC3C2)C2OC2C1. The second-order valence-electron chi connectivity index (χ2n) is 5.83. The lowest BCUT2D eigenvalue weighted by atomic mass is 9.90. The summed E-state index contributed by atoms with van der Waals surface area (Å²) in [6, 6.07) is 0. The third-order valence-electron chi connectivity index (χ3n) is 4.62. The number of hydrogen-bond donors (Lipinski definition) is 0. The van der Waals surface area contributed by atoms with Crippen LogP contribution < -0.4 is 0 Å². The van der Waals surface area contributed by atoms with Gasteiger partial charge in [0, 0.05) is 6.61 Å². The Bertz CT molecular complexity index is 280. The first-order valence-electron chi connectivity index (χ1n) is 6.82. The minimum Gasteiger partial charge on any atom is -0.375 e. The average molecular weight is 224 g/mol. The zero-order chi connectivity index (χ0) is 10.5. The highest BCUT2D eigenvalue weighted by Crippen LogP contribution is 2.41. The molecule has 2 aliphatic heterocycles. The zero-order valence-electron chi connectivity index (χ0n) is 9.64. The van der Waals surface area contributed by atoms with Gasteiger partial charge >= 0.3 is 0 Å². The molecule has 0 bridgehead atoms. The van der Waals surface area contributed by atoms with Gasteiger partial charge in [0.25, 0.3) is 0 Å². The van der Waals surface area contributed by atoms with E-state index in [-0.39, 0.29) is 0 Å². The number of hydrogen-bond acceptors (Lipinski definition) is 3. The normalized spacial score (nSPS) is 54.0. The van der Waals surface area contributed by atoms with Gasteiger partial charge in [-0.05, 0) is 44.4 Å². The molecule has 0 radical (unpaired) electrons. The molecule has 0 aromatic heterocycles. The van der Waals surface area contributed by atoms with Gasteiger partial charge in [0.05, 0.1) is 24.4 Å². The molecule has 16 heavy (non-hydrogen) atoms. The Hall–Kier alpha value is -0.120. The van der Waals surface area contributed by atoms with E-state index in [9.17, 15) is 0 Å². The first kappa shape index (κ1) is 9.86. The zero-order valence-corrected chi connectivity index (χ0v) is 9.64. The molecule has 2 aliphatic carbocycles. The number of epoxide rings is 2. The summed E-state index contributed by atoms with van der Waals surface area (Å²) in [6.45, 7) is 0.934. The third-order valence-corrected chi connectivity index (χ3v) is 4.62. The molecule has 2 heterocycles. The second-order valence-corrected chi connectivity index (χ2v) is 5.83. The molecule has 4 aliphatic rings.